The zero-order valence-corrected chi connectivity index (χ0v) is 25.9. The topological polar surface area (TPSA) is 109 Å². The fourth-order valence-corrected chi connectivity index (χ4v) is 7.08. The number of likely N-dealkylation sites (tertiary alicyclic amines) is 1. The van der Waals surface area contributed by atoms with Crippen LogP contribution in [0.1, 0.15) is 48.9 Å². The average Bonchev–Trinajstić information content (AvgIpc) is 3.46. The highest BCUT2D eigenvalue weighted by Gasteiger charge is 2.34. The van der Waals surface area contributed by atoms with Crippen LogP contribution in [-0.4, -0.2) is 95.9 Å². The third-order valence-corrected chi connectivity index (χ3v) is 9.51. The van der Waals surface area contributed by atoms with Gasteiger partial charge in [-0.3, -0.25) is 4.79 Å². The van der Waals surface area contributed by atoms with Gasteiger partial charge < -0.3 is 29.4 Å². The number of benzene rings is 2. The van der Waals surface area contributed by atoms with Crippen LogP contribution in [-0.2, 0) is 17.8 Å². The molecule has 1 N–H and O–H groups in total. The molecule has 2 fully saturated rings. The third kappa shape index (κ3) is 6.17. The Bertz CT molecular complexity index is 1530. The third-order valence-electron chi connectivity index (χ3n) is 9.51. The first kappa shape index (κ1) is 30.1. The number of nitriles is 1. The first-order chi connectivity index (χ1) is 21.5. The smallest absolute Gasteiger partial charge is 0.318 e. The molecule has 1 amide bonds. The molecule has 2 aromatic carbocycles. The Morgan fingerprint density at radius 3 is 2.70 bits per heavy atom. The summed E-state index contributed by atoms with van der Waals surface area (Å²) in [6, 6.07) is 15.7. The average molecular weight is 598 g/mol. The van der Waals surface area contributed by atoms with E-state index < -0.39 is 0 Å². The summed E-state index contributed by atoms with van der Waals surface area (Å²) in [6.45, 7) is 6.92. The van der Waals surface area contributed by atoms with Crippen molar-refractivity contribution in [1.29, 1.82) is 5.26 Å². The first-order valence-corrected chi connectivity index (χ1v) is 15.9. The molecule has 232 valence electrons. The Morgan fingerprint density at radius 2 is 1.93 bits per heavy atom. The van der Waals surface area contributed by atoms with Gasteiger partial charge in [0.25, 0.3) is 0 Å². The predicted octanol–water partition coefficient (Wildman–Crippen LogP) is 3.68. The standard InChI is InChI=1S/C34H43N7O3/c1-24-7-3-8-25-9-4-11-30(32(24)25)39-17-14-28-29(22-39)36-34(44-23-27-10-5-16-38(27)2)37-33(28)40-18-19-41(26(21-40)13-15-35)31(43)12-6-20-42/h3-4,7-9,11,26-27,42H,5-6,10,12-14,16-23H2,1-2H3/t26-,27-/m0/s1. The highest BCUT2D eigenvalue weighted by Crippen LogP contribution is 2.36. The van der Waals surface area contributed by atoms with Gasteiger partial charge in [0.15, 0.2) is 0 Å². The summed E-state index contributed by atoms with van der Waals surface area (Å²) in [7, 11) is 2.14. The van der Waals surface area contributed by atoms with Gasteiger partial charge >= 0.3 is 6.01 Å². The van der Waals surface area contributed by atoms with Gasteiger partial charge in [0.2, 0.25) is 5.91 Å². The Labute approximate surface area is 259 Å². The molecule has 0 spiro atoms. The Hall–Kier alpha value is -3.94. The van der Waals surface area contributed by atoms with Gasteiger partial charge in [-0.15, -0.1) is 0 Å². The first-order valence-electron chi connectivity index (χ1n) is 15.9. The monoisotopic (exact) mass is 597 g/mol. The van der Waals surface area contributed by atoms with Crippen molar-refractivity contribution >= 4 is 28.2 Å². The molecule has 10 nitrogen and oxygen atoms in total. The summed E-state index contributed by atoms with van der Waals surface area (Å²) in [5.74, 6) is 0.860. The van der Waals surface area contributed by atoms with Crippen LogP contribution >= 0.6 is 0 Å². The van der Waals surface area contributed by atoms with Crippen molar-refractivity contribution in [2.45, 2.75) is 64.1 Å². The van der Waals surface area contributed by atoms with Crippen LogP contribution in [0.3, 0.4) is 0 Å². The molecule has 6 rings (SSSR count). The lowest BCUT2D eigenvalue weighted by Gasteiger charge is -2.42. The molecule has 0 radical (unpaired) electrons. The molecular formula is C34H43N7O3. The molecule has 0 bridgehead atoms. The maximum Gasteiger partial charge on any atom is 0.318 e. The van der Waals surface area contributed by atoms with E-state index in [1.807, 2.05) is 4.90 Å². The van der Waals surface area contributed by atoms with Gasteiger partial charge in [-0.25, -0.2) is 0 Å². The number of amides is 1. The number of carbonyl (C=O) groups excluding carboxylic acids is 1. The number of nitrogens with zero attached hydrogens (tertiary/aromatic N) is 7. The van der Waals surface area contributed by atoms with E-state index in [0.717, 1.165) is 43.0 Å². The number of aromatic nitrogens is 2. The zero-order chi connectivity index (χ0) is 30.6. The van der Waals surface area contributed by atoms with E-state index in [2.05, 4.69) is 71.1 Å². The fraction of sp³-hybridized carbons (Fsp3) is 0.529. The summed E-state index contributed by atoms with van der Waals surface area (Å²) in [4.78, 5) is 31.7. The quantitative estimate of drug-likeness (QED) is 0.395. The van der Waals surface area contributed by atoms with E-state index >= 15 is 0 Å². The maximum absolute atomic E-state index is 12.9. The zero-order valence-electron chi connectivity index (χ0n) is 25.9. The second kappa shape index (κ2) is 13.4. The van der Waals surface area contributed by atoms with E-state index in [1.54, 1.807) is 0 Å². The lowest BCUT2D eigenvalue weighted by molar-refractivity contribution is -0.134. The molecule has 2 atom stereocenters. The molecule has 2 saturated heterocycles. The summed E-state index contributed by atoms with van der Waals surface area (Å²) in [6.07, 6.45) is 4.03. The van der Waals surface area contributed by atoms with Crippen LogP contribution in [0.15, 0.2) is 36.4 Å². The highest BCUT2D eigenvalue weighted by atomic mass is 16.5. The van der Waals surface area contributed by atoms with Crippen LogP contribution in [0.5, 0.6) is 6.01 Å². The summed E-state index contributed by atoms with van der Waals surface area (Å²) < 4.78 is 6.32. The Kier molecular flexibility index (Phi) is 9.14. The molecule has 0 unspecified atom stereocenters. The van der Waals surface area contributed by atoms with Crippen molar-refractivity contribution in [3.8, 4) is 12.1 Å². The number of aliphatic hydroxyl groups is 1. The van der Waals surface area contributed by atoms with Crippen LogP contribution in [0, 0.1) is 18.3 Å². The molecule has 3 aliphatic rings. The molecule has 10 heteroatoms. The summed E-state index contributed by atoms with van der Waals surface area (Å²) in [5.41, 5.74) is 4.57. The molecule has 1 aromatic heterocycles. The Morgan fingerprint density at radius 1 is 1.09 bits per heavy atom. The van der Waals surface area contributed by atoms with Gasteiger partial charge in [-0.2, -0.15) is 15.2 Å². The number of carbonyl (C=O) groups is 1. The highest BCUT2D eigenvalue weighted by molar-refractivity contribution is 5.97. The minimum atomic E-state index is -0.235. The number of aryl methyl sites for hydroxylation is 1. The van der Waals surface area contributed by atoms with Crippen molar-refractivity contribution in [2.75, 3.05) is 62.8 Å². The van der Waals surface area contributed by atoms with Crippen LogP contribution in [0.25, 0.3) is 10.8 Å². The molecule has 44 heavy (non-hydrogen) atoms. The van der Waals surface area contributed by atoms with Crippen molar-refractivity contribution in [1.82, 2.24) is 19.8 Å². The van der Waals surface area contributed by atoms with Gasteiger partial charge in [0, 0.05) is 61.9 Å². The minimum Gasteiger partial charge on any atom is -0.462 e. The lowest BCUT2D eigenvalue weighted by atomic mass is 9.99. The lowest BCUT2D eigenvalue weighted by Crippen LogP contribution is -2.55. The second-order valence-corrected chi connectivity index (χ2v) is 12.3. The molecule has 0 aliphatic carbocycles. The van der Waals surface area contributed by atoms with E-state index in [9.17, 15) is 15.2 Å². The van der Waals surface area contributed by atoms with E-state index in [0.29, 0.717) is 57.7 Å². The number of fused-ring (bicyclic) bond motifs is 2. The van der Waals surface area contributed by atoms with Gasteiger partial charge in [0.1, 0.15) is 12.4 Å². The molecule has 3 aromatic rings. The second-order valence-electron chi connectivity index (χ2n) is 12.3. The number of anilines is 2. The Balaban J connectivity index is 1.31. The van der Waals surface area contributed by atoms with Crippen LogP contribution in [0.4, 0.5) is 11.5 Å². The number of hydrogen-bond donors (Lipinski definition) is 1. The fourth-order valence-electron chi connectivity index (χ4n) is 7.08. The molecule has 0 saturated carbocycles. The summed E-state index contributed by atoms with van der Waals surface area (Å²) >= 11 is 0. The van der Waals surface area contributed by atoms with Gasteiger partial charge in [-0.1, -0.05) is 30.3 Å². The van der Waals surface area contributed by atoms with Gasteiger partial charge in [0.05, 0.1) is 30.8 Å². The predicted molar refractivity (Wildman–Crippen MR) is 171 cm³/mol. The number of ether oxygens (including phenoxy) is 1. The van der Waals surface area contributed by atoms with Crippen molar-refractivity contribution in [2.24, 2.45) is 0 Å². The van der Waals surface area contributed by atoms with E-state index in [-0.39, 0.29) is 25.0 Å². The molecule has 4 heterocycles. The SMILES string of the molecule is Cc1cccc2cccc(N3CCc4c(nc(OC[C@@H]5CCCN5C)nc4N4CCN(C(=O)CCCO)[C@@H](CC#N)C4)C3)c12. The van der Waals surface area contributed by atoms with Crippen LogP contribution in [0.2, 0.25) is 0 Å². The van der Waals surface area contributed by atoms with E-state index in [1.165, 1.54) is 28.4 Å². The number of piperazine rings is 1. The van der Waals surface area contributed by atoms with E-state index in [4.69, 9.17) is 14.7 Å². The maximum atomic E-state index is 12.9. The molecule has 3 aliphatic heterocycles. The summed E-state index contributed by atoms with van der Waals surface area (Å²) in [5, 5.41) is 21.4. The number of rotatable bonds is 9. The minimum absolute atomic E-state index is 0.00519. The number of likely N-dealkylation sites (N-methyl/N-ethyl adjacent to an activating group) is 1. The van der Waals surface area contributed by atoms with Crippen LogP contribution < -0.4 is 14.5 Å². The van der Waals surface area contributed by atoms with Gasteiger partial charge in [-0.05, 0) is 63.2 Å². The van der Waals surface area contributed by atoms with Crippen molar-refractivity contribution < 1.29 is 14.6 Å². The number of aliphatic hydroxyl groups excluding tert-OH is 1. The normalized spacial score (nSPS) is 20.5. The largest absolute Gasteiger partial charge is 0.462 e. The van der Waals surface area contributed by atoms with Crippen molar-refractivity contribution in [3.63, 3.8) is 0 Å². The molecular weight excluding hydrogens is 554 g/mol. The van der Waals surface area contributed by atoms with Crippen molar-refractivity contribution in [3.05, 3.63) is 53.2 Å². The number of hydrogen-bond acceptors (Lipinski definition) is 9.